The lowest BCUT2D eigenvalue weighted by atomic mass is 9.82. The molecule has 3 N–H and O–H groups in total. The van der Waals surface area contributed by atoms with Gasteiger partial charge in [-0.25, -0.2) is 4.79 Å². The maximum Gasteiger partial charge on any atom is 0.329 e. The molecule has 2 saturated heterocycles. The number of fused-ring (bicyclic) bond motifs is 4. The summed E-state index contributed by atoms with van der Waals surface area (Å²) in [5.41, 5.74) is 6.31. The number of carbonyl (C=O) groups is 3. The number of methoxy groups -OCH3 is 3. The van der Waals surface area contributed by atoms with Gasteiger partial charge in [-0.15, -0.1) is 5.73 Å². The summed E-state index contributed by atoms with van der Waals surface area (Å²) in [5, 5.41) is 34.3. The number of aliphatic hydroxyl groups excluding tert-OH is 2. The average Bonchev–Trinajstić information content (AvgIpc) is 3.61. The third-order valence-corrected chi connectivity index (χ3v) is 13.0. The number of carbonyl (C=O) groups excluding carboxylic acids is 3. The van der Waals surface area contributed by atoms with Gasteiger partial charge in [0.05, 0.1) is 36.6 Å². The number of hydrogen-bond donors (Lipinski definition) is 3. The van der Waals surface area contributed by atoms with E-state index in [0.717, 1.165) is 23.1 Å². The van der Waals surface area contributed by atoms with Crippen LogP contribution in [-0.4, -0.2) is 133 Å². The molecule has 13 nitrogen and oxygen atoms in total. The number of rotatable bonds is 5. The van der Waals surface area contributed by atoms with Crippen molar-refractivity contribution in [3.05, 3.63) is 28.5 Å². The molecular weight excluding hydrogens is 720 g/mol. The molecule has 4 aliphatic heterocycles. The molecule has 0 spiro atoms. The van der Waals surface area contributed by atoms with Gasteiger partial charge in [-0.1, -0.05) is 26.8 Å². The molecule has 0 aromatic heterocycles. The zero-order valence-corrected chi connectivity index (χ0v) is 34.6. The van der Waals surface area contributed by atoms with Crippen molar-refractivity contribution in [3.8, 4) is 0 Å². The number of allylic oxidation sites excluding steroid dienone is 1. The molecule has 14 atom stereocenters. The summed E-state index contributed by atoms with van der Waals surface area (Å²) in [4.78, 5) is 48.7. The Morgan fingerprint density at radius 2 is 1.64 bits per heavy atom. The van der Waals surface area contributed by atoms with E-state index in [0.29, 0.717) is 51.4 Å². The Bertz CT molecular complexity index is 1540. The zero-order valence-electron chi connectivity index (χ0n) is 34.6. The number of aliphatic hydroxyl groups is 3. The van der Waals surface area contributed by atoms with Gasteiger partial charge in [0, 0.05) is 64.3 Å². The van der Waals surface area contributed by atoms with E-state index in [2.05, 4.69) is 18.7 Å². The van der Waals surface area contributed by atoms with Crippen LogP contribution in [0.2, 0.25) is 0 Å². The normalized spacial score (nSPS) is 41.2. The highest BCUT2D eigenvalue weighted by Gasteiger charge is 2.56. The number of aliphatic imine (C=N–C) groups is 1. The van der Waals surface area contributed by atoms with Gasteiger partial charge in [0.1, 0.15) is 18.2 Å². The van der Waals surface area contributed by atoms with Crippen LogP contribution in [0.1, 0.15) is 105 Å². The molecule has 0 aromatic carbocycles. The minimum atomic E-state index is -2.48. The van der Waals surface area contributed by atoms with E-state index in [9.17, 15) is 29.7 Å². The topological polar surface area (TPSA) is 174 Å². The van der Waals surface area contributed by atoms with E-state index in [4.69, 9.17) is 28.7 Å². The van der Waals surface area contributed by atoms with Crippen molar-refractivity contribution in [2.75, 3.05) is 27.9 Å². The summed E-state index contributed by atoms with van der Waals surface area (Å²) in [6.45, 7) is 9.61. The van der Waals surface area contributed by atoms with Gasteiger partial charge in [-0.05, 0) is 94.6 Å². The molecule has 4 heterocycles. The van der Waals surface area contributed by atoms with Crippen molar-refractivity contribution >= 4 is 23.9 Å². The zero-order chi connectivity index (χ0) is 40.9. The maximum absolute atomic E-state index is 14.3. The molecular formula is C43H66N2O11. The smallest absolute Gasteiger partial charge is 0.329 e. The Hall–Kier alpha value is -2.74. The number of hydrogen-bond acceptors (Lipinski definition) is 12. The highest BCUT2D eigenvalue weighted by Crippen LogP contribution is 2.39. The van der Waals surface area contributed by atoms with E-state index in [1.807, 2.05) is 27.0 Å². The molecule has 5 rings (SSSR count). The first-order valence-corrected chi connectivity index (χ1v) is 20.7. The van der Waals surface area contributed by atoms with Crippen molar-refractivity contribution in [1.82, 2.24) is 4.90 Å². The second-order valence-electron chi connectivity index (χ2n) is 17.2. The molecule has 14 unspecified atom stereocenters. The molecule has 314 valence electrons. The van der Waals surface area contributed by atoms with Crippen LogP contribution in [0, 0.1) is 23.7 Å². The fourth-order valence-electron chi connectivity index (χ4n) is 9.58. The molecule has 0 aromatic rings. The van der Waals surface area contributed by atoms with E-state index in [1.54, 1.807) is 28.3 Å². The molecule has 3 fully saturated rings. The van der Waals surface area contributed by atoms with E-state index < -0.39 is 77.9 Å². The summed E-state index contributed by atoms with van der Waals surface area (Å²) in [6, 6.07) is -1.38. The van der Waals surface area contributed by atoms with Crippen LogP contribution in [0.3, 0.4) is 0 Å². The van der Waals surface area contributed by atoms with Gasteiger partial charge < -0.3 is 43.9 Å². The highest BCUT2D eigenvalue weighted by atomic mass is 16.7. The average molecular weight is 787 g/mol. The van der Waals surface area contributed by atoms with E-state index >= 15 is 0 Å². The number of Topliss-reactive ketones (excluding diaryl/α,β-unsaturated/α-hetero) is 1. The second kappa shape index (κ2) is 19.3. The first kappa shape index (κ1) is 44.4. The Morgan fingerprint density at radius 3 is 2.34 bits per heavy atom. The van der Waals surface area contributed by atoms with Crippen LogP contribution in [0.5, 0.6) is 0 Å². The Balaban J connectivity index is 1.54. The fourth-order valence-corrected chi connectivity index (χ4v) is 9.58. The predicted molar refractivity (Wildman–Crippen MR) is 209 cm³/mol. The summed E-state index contributed by atoms with van der Waals surface area (Å²) in [5.74, 6) is -6.55. The van der Waals surface area contributed by atoms with Gasteiger partial charge in [0.15, 0.2) is 0 Å². The van der Waals surface area contributed by atoms with Crippen LogP contribution in [0.15, 0.2) is 33.5 Å². The number of amides is 1. The monoisotopic (exact) mass is 786 g/mol. The summed E-state index contributed by atoms with van der Waals surface area (Å²) >= 11 is 0. The fraction of sp³-hybridized carbons (Fsp3) is 0.791. The first-order valence-electron chi connectivity index (χ1n) is 20.7. The second-order valence-corrected chi connectivity index (χ2v) is 17.2. The molecule has 1 amide bonds. The maximum atomic E-state index is 14.3. The molecule has 1 aliphatic carbocycles. The van der Waals surface area contributed by atoms with E-state index in [-0.39, 0.29) is 43.4 Å². The SMILES string of the molecule is COC1CC(C=C(C)C2OC(=O)C3CCCCN3C(=O)C(=O)C3(O)OC(C(OC)CC(C)CC(C)=C=C4CC=NC4CC(O)C2C)C(OC)CC3C)CCC1O. The van der Waals surface area contributed by atoms with Crippen LogP contribution in [0.25, 0.3) is 0 Å². The number of ether oxygens (including phenoxy) is 5. The summed E-state index contributed by atoms with van der Waals surface area (Å²) < 4.78 is 29.9. The van der Waals surface area contributed by atoms with Crippen molar-refractivity contribution in [3.63, 3.8) is 0 Å². The van der Waals surface area contributed by atoms with Gasteiger partial charge >= 0.3 is 5.97 Å². The summed E-state index contributed by atoms with van der Waals surface area (Å²) in [7, 11) is 4.69. The van der Waals surface area contributed by atoms with Crippen LogP contribution in [0.4, 0.5) is 0 Å². The lowest BCUT2D eigenvalue weighted by Gasteiger charge is -2.47. The van der Waals surface area contributed by atoms with Gasteiger partial charge in [-0.3, -0.25) is 14.6 Å². The number of nitrogens with zero attached hydrogens (tertiary/aromatic N) is 2. The minimum Gasteiger partial charge on any atom is -0.456 e. The first-order chi connectivity index (χ1) is 26.6. The van der Waals surface area contributed by atoms with Crippen molar-refractivity contribution < 1.29 is 53.4 Å². The van der Waals surface area contributed by atoms with Crippen molar-refractivity contribution in [2.24, 2.45) is 28.7 Å². The van der Waals surface area contributed by atoms with Gasteiger partial charge in [0.2, 0.25) is 5.79 Å². The molecule has 2 bridgehead atoms. The largest absolute Gasteiger partial charge is 0.456 e. The molecule has 0 radical (unpaired) electrons. The number of piperidine rings is 1. The lowest BCUT2D eigenvalue weighted by molar-refractivity contribution is -0.302. The molecule has 13 heteroatoms. The number of cyclic esters (lactones) is 1. The molecule has 56 heavy (non-hydrogen) atoms. The number of ketones is 1. The standard InChI is InChI=1S/C43H66N2O11/c1-24-17-25(2)19-36(53-7)39-37(54-8)21-27(4)43(51,56-39)40(48)41(49)45-16-10-9-11-32(45)42(50)55-38(26(3)20-29-12-13-33(46)35(22-29)52-6)28(5)34(47)23-31-30(18-24)14-15-44-31/h15,20,25,27-29,31-39,46-47,51H,9-14,16-17,19,21-23H2,1-8H3. The van der Waals surface area contributed by atoms with Crippen molar-refractivity contribution in [2.45, 2.75) is 166 Å². The minimum absolute atomic E-state index is 0.0452. The predicted octanol–water partition coefficient (Wildman–Crippen LogP) is 4.25. The molecule has 5 aliphatic rings. The van der Waals surface area contributed by atoms with E-state index in [1.165, 1.54) is 4.90 Å². The third kappa shape index (κ3) is 9.92. The Labute approximate surface area is 332 Å². The van der Waals surface area contributed by atoms with Crippen LogP contribution < -0.4 is 0 Å². The quantitative estimate of drug-likeness (QED) is 0.158. The van der Waals surface area contributed by atoms with Crippen LogP contribution in [-0.2, 0) is 38.1 Å². The molecule has 1 saturated carbocycles. The highest BCUT2D eigenvalue weighted by molar-refractivity contribution is 6.39. The number of esters is 1. The van der Waals surface area contributed by atoms with Crippen molar-refractivity contribution in [1.29, 1.82) is 0 Å². The Morgan fingerprint density at radius 1 is 0.946 bits per heavy atom. The van der Waals surface area contributed by atoms with Crippen LogP contribution >= 0.6 is 0 Å². The summed E-state index contributed by atoms with van der Waals surface area (Å²) in [6.07, 6.45) is 4.98. The van der Waals surface area contributed by atoms with Gasteiger partial charge in [0.25, 0.3) is 11.7 Å². The lowest BCUT2D eigenvalue weighted by Crippen LogP contribution is -2.64. The Kier molecular flexibility index (Phi) is 15.3. The van der Waals surface area contributed by atoms with Gasteiger partial charge in [-0.2, -0.15) is 0 Å². The third-order valence-electron chi connectivity index (χ3n) is 13.0.